The Bertz CT molecular complexity index is 538. The molecule has 0 aromatic heterocycles. The van der Waals surface area contributed by atoms with Crippen molar-refractivity contribution in [2.45, 2.75) is 0 Å². The normalized spacial score (nSPS) is 11.7. The van der Waals surface area contributed by atoms with E-state index in [1.54, 1.807) is 7.11 Å². The molecule has 0 fully saturated rings. The van der Waals surface area contributed by atoms with Gasteiger partial charge in [0, 0.05) is 7.11 Å². The Kier molecular flexibility index (Phi) is 7.89. The summed E-state index contributed by atoms with van der Waals surface area (Å²) in [5, 5.41) is 0. The van der Waals surface area contributed by atoms with Crippen LogP contribution < -0.4 is 4.90 Å². The van der Waals surface area contributed by atoms with Crippen LogP contribution in [0, 0.1) is 0 Å². The number of rotatable bonds is 9. The van der Waals surface area contributed by atoms with Crippen LogP contribution in [0.1, 0.15) is 11.1 Å². The van der Waals surface area contributed by atoms with Gasteiger partial charge in [0.05, 0.1) is 19.7 Å². The Labute approximate surface area is 139 Å². The fraction of sp³-hybridized carbons (Fsp3) is 0.238. The molecule has 0 bridgehead atoms. The third kappa shape index (κ3) is 7.09. The highest BCUT2D eigenvalue weighted by Gasteiger charge is 2.03. The van der Waals surface area contributed by atoms with Crippen LogP contribution in [0.25, 0.3) is 12.2 Å². The second kappa shape index (κ2) is 10.5. The van der Waals surface area contributed by atoms with Gasteiger partial charge in [0.25, 0.3) is 0 Å². The molecule has 0 saturated carbocycles. The fourth-order valence-corrected chi connectivity index (χ4v) is 2.39. The molecular formula is C21H26NO+. The van der Waals surface area contributed by atoms with Crippen molar-refractivity contribution in [3.63, 3.8) is 0 Å². The van der Waals surface area contributed by atoms with Crippen LogP contribution in [0.5, 0.6) is 0 Å². The average Bonchev–Trinajstić information content (AvgIpc) is 2.61. The summed E-state index contributed by atoms with van der Waals surface area (Å²) in [6.45, 7) is 3.79. The molecule has 0 unspecified atom stereocenters. The minimum Gasteiger partial charge on any atom is -0.379 e. The van der Waals surface area contributed by atoms with Gasteiger partial charge in [-0.15, -0.1) is 0 Å². The Morgan fingerprint density at radius 1 is 0.783 bits per heavy atom. The molecule has 0 aliphatic carbocycles. The van der Waals surface area contributed by atoms with Gasteiger partial charge in [0.2, 0.25) is 0 Å². The number of quaternary nitrogens is 1. The highest BCUT2D eigenvalue weighted by molar-refractivity contribution is 5.49. The maximum Gasteiger partial charge on any atom is 0.101 e. The van der Waals surface area contributed by atoms with Crippen molar-refractivity contribution < 1.29 is 9.64 Å². The Hall–Kier alpha value is -2.16. The van der Waals surface area contributed by atoms with E-state index in [1.807, 2.05) is 12.1 Å². The second-order valence-corrected chi connectivity index (χ2v) is 5.53. The van der Waals surface area contributed by atoms with E-state index < -0.39 is 0 Å². The molecule has 2 rings (SSSR count). The number of hydrogen-bond acceptors (Lipinski definition) is 1. The van der Waals surface area contributed by atoms with Gasteiger partial charge in [-0.1, -0.05) is 72.8 Å². The third-order valence-corrected chi connectivity index (χ3v) is 3.69. The molecule has 2 aromatic rings. The van der Waals surface area contributed by atoms with E-state index in [-0.39, 0.29) is 0 Å². The number of benzene rings is 2. The van der Waals surface area contributed by atoms with Crippen molar-refractivity contribution in [2.24, 2.45) is 0 Å². The van der Waals surface area contributed by atoms with E-state index in [4.69, 9.17) is 4.74 Å². The van der Waals surface area contributed by atoms with E-state index in [0.717, 1.165) is 26.2 Å². The van der Waals surface area contributed by atoms with Crippen molar-refractivity contribution in [1.82, 2.24) is 0 Å². The molecule has 23 heavy (non-hydrogen) atoms. The zero-order valence-electron chi connectivity index (χ0n) is 13.8. The minimum atomic E-state index is 0.785. The number of nitrogens with one attached hydrogen (secondary N) is 1. The monoisotopic (exact) mass is 308 g/mol. The van der Waals surface area contributed by atoms with Gasteiger partial charge < -0.3 is 9.64 Å². The lowest BCUT2D eigenvalue weighted by Crippen LogP contribution is -3.12. The fourth-order valence-electron chi connectivity index (χ4n) is 2.39. The van der Waals surface area contributed by atoms with Crippen LogP contribution in [0.4, 0.5) is 0 Å². The van der Waals surface area contributed by atoms with Gasteiger partial charge in [0.1, 0.15) is 6.54 Å². The van der Waals surface area contributed by atoms with Crippen LogP contribution in [-0.4, -0.2) is 33.4 Å². The van der Waals surface area contributed by atoms with Crippen LogP contribution in [0.2, 0.25) is 0 Å². The topological polar surface area (TPSA) is 13.7 Å². The molecule has 0 saturated heterocycles. The van der Waals surface area contributed by atoms with Crippen LogP contribution >= 0.6 is 0 Å². The van der Waals surface area contributed by atoms with Crippen molar-refractivity contribution in [1.29, 1.82) is 0 Å². The van der Waals surface area contributed by atoms with Gasteiger partial charge in [-0.05, 0) is 23.3 Å². The molecule has 0 amide bonds. The van der Waals surface area contributed by atoms with Crippen LogP contribution in [-0.2, 0) is 4.74 Å². The molecule has 0 radical (unpaired) electrons. The molecule has 1 N–H and O–H groups in total. The quantitative estimate of drug-likeness (QED) is 0.752. The lowest BCUT2D eigenvalue weighted by molar-refractivity contribution is -0.888. The van der Waals surface area contributed by atoms with Gasteiger partial charge in [-0.3, -0.25) is 0 Å². The minimum absolute atomic E-state index is 0.785. The van der Waals surface area contributed by atoms with Crippen molar-refractivity contribution in [3.05, 3.63) is 83.9 Å². The van der Waals surface area contributed by atoms with Gasteiger partial charge in [-0.25, -0.2) is 0 Å². The summed E-state index contributed by atoms with van der Waals surface area (Å²) >= 11 is 0. The summed E-state index contributed by atoms with van der Waals surface area (Å²) in [5.74, 6) is 0. The first-order valence-corrected chi connectivity index (χ1v) is 8.14. The zero-order valence-corrected chi connectivity index (χ0v) is 13.8. The smallest absolute Gasteiger partial charge is 0.101 e. The molecule has 2 aromatic carbocycles. The first-order chi connectivity index (χ1) is 11.4. The maximum absolute atomic E-state index is 5.23. The third-order valence-electron chi connectivity index (χ3n) is 3.69. The van der Waals surface area contributed by atoms with Gasteiger partial charge in [0.15, 0.2) is 0 Å². The lowest BCUT2D eigenvalue weighted by Gasteiger charge is -2.15. The highest BCUT2D eigenvalue weighted by Crippen LogP contribution is 2.00. The van der Waals surface area contributed by atoms with E-state index in [9.17, 15) is 0 Å². The molecule has 0 spiro atoms. The highest BCUT2D eigenvalue weighted by atomic mass is 16.5. The summed E-state index contributed by atoms with van der Waals surface area (Å²) in [5.41, 5.74) is 2.50. The molecule has 0 atom stereocenters. The number of ether oxygens (including phenoxy) is 1. The standard InChI is InChI=1S/C21H25NO/c1-23-19-18-22(16-8-14-20-10-4-2-5-11-20)17-9-15-21-12-6-3-7-13-21/h2-15H,16-19H2,1H3/p+1/b14-8+,15-9+. The Morgan fingerprint density at radius 2 is 1.26 bits per heavy atom. The summed E-state index contributed by atoms with van der Waals surface area (Å²) < 4.78 is 5.23. The van der Waals surface area contributed by atoms with Gasteiger partial charge >= 0.3 is 0 Å². The Morgan fingerprint density at radius 3 is 1.70 bits per heavy atom. The Balaban J connectivity index is 1.86. The van der Waals surface area contributed by atoms with Gasteiger partial charge in [-0.2, -0.15) is 0 Å². The lowest BCUT2D eigenvalue weighted by atomic mass is 10.2. The SMILES string of the molecule is COCC[NH+](C/C=C/c1ccccc1)C/C=C/c1ccccc1. The molecule has 2 nitrogen and oxygen atoms in total. The first-order valence-electron chi connectivity index (χ1n) is 8.14. The average molecular weight is 308 g/mol. The summed E-state index contributed by atoms with van der Waals surface area (Å²) in [7, 11) is 1.76. The predicted octanol–water partition coefficient (Wildman–Crippen LogP) is 2.94. The molecular weight excluding hydrogens is 282 g/mol. The summed E-state index contributed by atoms with van der Waals surface area (Å²) in [4.78, 5) is 1.49. The first kappa shape index (κ1) is 17.2. The maximum atomic E-state index is 5.23. The molecule has 120 valence electrons. The molecule has 0 heterocycles. The number of methoxy groups -OCH3 is 1. The number of hydrogen-bond donors (Lipinski definition) is 1. The van der Waals surface area contributed by atoms with E-state index in [2.05, 4.69) is 72.8 Å². The van der Waals surface area contributed by atoms with Crippen LogP contribution in [0.3, 0.4) is 0 Å². The predicted molar refractivity (Wildman–Crippen MR) is 98.4 cm³/mol. The van der Waals surface area contributed by atoms with E-state index >= 15 is 0 Å². The molecule has 0 aliphatic heterocycles. The zero-order chi connectivity index (χ0) is 16.2. The largest absolute Gasteiger partial charge is 0.379 e. The van der Waals surface area contributed by atoms with E-state index in [0.29, 0.717) is 0 Å². The van der Waals surface area contributed by atoms with Crippen molar-refractivity contribution in [3.8, 4) is 0 Å². The van der Waals surface area contributed by atoms with Crippen molar-refractivity contribution in [2.75, 3.05) is 33.4 Å². The van der Waals surface area contributed by atoms with Crippen LogP contribution in [0.15, 0.2) is 72.8 Å². The second-order valence-electron chi connectivity index (χ2n) is 5.53. The summed E-state index contributed by atoms with van der Waals surface area (Å²) in [6.07, 6.45) is 8.87. The molecule has 0 aliphatic rings. The molecule has 2 heteroatoms. The van der Waals surface area contributed by atoms with E-state index in [1.165, 1.54) is 16.0 Å². The summed E-state index contributed by atoms with van der Waals surface area (Å²) in [6, 6.07) is 20.9. The van der Waals surface area contributed by atoms with Crippen molar-refractivity contribution >= 4 is 12.2 Å².